The molecule has 1 fully saturated rings. The Balaban J connectivity index is 1.76. The molecule has 8 heteroatoms. The Kier molecular flexibility index (Phi) is 6.04. The predicted octanol–water partition coefficient (Wildman–Crippen LogP) is 3.24. The number of fused-ring (bicyclic) bond motifs is 1. The third kappa shape index (κ3) is 3.89. The monoisotopic (exact) mass is 438 g/mol. The summed E-state index contributed by atoms with van der Waals surface area (Å²) in [6, 6.07) is 9.04. The van der Waals surface area contributed by atoms with E-state index in [-0.39, 0.29) is 35.8 Å². The van der Waals surface area contributed by atoms with Gasteiger partial charge >= 0.3 is 5.97 Å². The third-order valence-electron chi connectivity index (χ3n) is 6.58. The van der Waals surface area contributed by atoms with E-state index in [0.29, 0.717) is 5.69 Å². The fraction of sp³-hybridized carbons (Fsp3) is 0.500. The molecule has 1 saturated carbocycles. The fourth-order valence-corrected chi connectivity index (χ4v) is 4.74. The molecule has 0 spiro atoms. The summed E-state index contributed by atoms with van der Waals surface area (Å²) in [6.07, 6.45) is 6.44. The number of rotatable bonds is 4. The molecule has 0 saturated heterocycles. The molecule has 2 amide bonds. The van der Waals surface area contributed by atoms with Gasteiger partial charge in [0.1, 0.15) is 11.2 Å². The summed E-state index contributed by atoms with van der Waals surface area (Å²) in [4.78, 5) is 41.0. The number of anilines is 1. The van der Waals surface area contributed by atoms with E-state index in [1.165, 1.54) is 30.7 Å². The van der Waals surface area contributed by atoms with Crippen LogP contribution in [0, 0.1) is 6.92 Å². The molecule has 2 aliphatic rings. The van der Waals surface area contributed by atoms with Gasteiger partial charge in [-0.05, 0) is 38.3 Å². The molecular weight excluding hydrogens is 408 g/mol. The number of nitrogens with one attached hydrogen (secondary N) is 1. The zero-order chi connectivity index (χ0) is 22.9. The first-order valence-electron chi connectivity index (χ1n) is 11.2. The Morgan fingerprint density at radius 1 is 1.16 bits per heavy atom. The molecule has 1 aliphatic heterocycles. The van der Waals surface area contributed by atoms with Crippen molar-refractivity contribution < 1.29 is 19.1 Å². The van der Waals surface area contributed by atoms with Crippen molar-refractivity contribution >= 4 is 23.5 Å². The lowest BCUT2D eigenvalue weighted by Gasteiger charge is -2.44. The Hall–Kier alpha value is -3.16. The van der Waals surface area contributed by atoms with Gasteiger partial charge in [0.05, 0.1) is 13.7 Å². The molecule has 1 aromatic carbocycles. The molecule has 2 heterocycles. The lowest BCUT2D eigenvalue weighted by molar-refractivity contribution is -0.127. The van der Waals surface area contributed by atoms with Crippen molar-refractivity contribution in [2.45, 2.75) is 70.5 Å². The third-order valence-corrected chi connectivity index (χ3v) is 6.58. The van der Waals surface area contributed by atoms with Crippen LogP contribution in [0.4, 0.5) is 5.69 Å². The van der Waals surface area contributed by atoms with Crippen molar-refractivity contribution in [3.05, 3.63) is 47.3 Å². The minimum atomic E-state index is -1.21. The number of methoxy groups -OCH3 is 1. The van der Waals surface area contributed by atoms with Gasteiger partial charge in [0.25, 0.3) is 5.91 Å². The summed E-state index contributed by atoms with van der Waals surface area (Å²) in [6.45, 7) is 3.82. The molecule has 0 unspecified atom stereocenters. The molecule has 170 valence electrons. The molecule has 1 atom stereocenters. The van der Waals surface area contributed by atoms with Crippen LogP contribution in [0.5, 0.6) is 0 Å². The number of esters is 1. The lowest BCUT2D eigenvalue weighted by Crippen LogP contribution is -2.65. The number of amides is 2. The second kappa shape index (κ2) is 8.76. The van der Waals surface area contributed by atoms with Gasteiger partial charge in [-0.15, -0.1) is 0 Å². The highest BCUT2D eigenvalue weighted by Crippen LogP contribution is 2.35. The van der Waals surface area contributed by atoms with Crippen LogP contribution in [-0.4, -0.2) is 46.3 Å². The Bertz CT molecular complexity index is 1040. The van der Waals surface area contributed by atoms with Gasteiger partial charge in [-0.1, -0.05) is 43.9 Å². The molecule has 1 aromatic heterocycles. The molecule has 4 rings (SSSR count). The number of ether oxygens (including phenoxy) is 1. The molecule has 0 bridgehead atoms. The Morgan fingerprint density at radius 3 is 2.50 bits per heavy atom. The number of hydrogen-bond donors (Lipinski definition) is 1. The van der Waals surface area contributed by atoms with Crippen LogP contribution in [0.3, 0.4) is 0 Å². The number of aryl methyl sites for hydroxylation is 1. The summed E-state index contributed by atoms with van der Waals surface area (Å²) in [7, 11) is 1.27. The van der Waals surface area contributed by atoms with E-state index in [1.807, 2.05) is 31.2 Å². The van der Waals surface area contributed by atoms with E-state index in [0.717, 1.165) is 31.2 Å². The van der Waals surface area contributed by atoms with Crippen LogP contribution in [0.2, 0.25) is 0 Å². The SMILES string of the molecule is COC(=O)c1cc2n(n1)C[C@](C)(C(=O)NC1CCCCCC1)N(c1ccccc1C)C2=O. The first-order chi connectivity index (χ1) is 15.3. The van der Waals surface area contributed by atoms with Crippen LogP contribution in [0.15, 0.2) is 30.3 Å². The summed E-state index contributed by atoms with van der Waals surface area (Å²) < 4.78 is 6.23. The molecular formula is C24H30N4O4. The van der Waals surface area contributed by atoms with Crippen LogP contribution < -0.4 is 10.2 Å². The zero-order valence-corrected chi connectivity index (χ0v) is 18.9. The zero-order valence-electron chi connectivity index (χ0n) is 18.9. The molecule has 0 radical (unpaired) electrons. The number of carbonyl (C=O) groups is 3. The van der Waals surface area contributed by atoms with Crippen molar-refractivity contribution in [1.29, 1.82) is 0 Å². The fourth-order valence-electron chi connectivity index (χ4n) is 4.74. The van der Waals surface area contributed by atoms with E-state index in [1.54, 1.807) is 11.8 Å². The molecule has 32 heavy (non-hydrogen) atoms. The average molecular weight is 439 g/mol. The highest BCUT2D eigenvalue weighted by molar-refractivity contribution is 6.12. The smallest absolute Gasteiger partial charge is 0.358 e. The minimum Gasteiger partial charge on any atom is -0.464 e. The normalized spacial score (nSPS) is 21.6. The maximum Gasteiger partial charge on any atom is 0.358 e. The van der Waals surface area contributed by atoms with Crippen molar-refractivity contribution in [2.24, 2.45) is 0 Å². The topological polar surface area (TPSA) is 93.5 Å². The first-order valence-corrected chi connectivity index (χ1v) is 11.2. The summed E-state index contributed by atoms with van der Waals surface area (Å²) >= 11 is 0. The summed E-state index contributed by atoms with van der Waals surface area (Å²) in [5.41, 5.74) is 0.656. The average Bonchev–Trinajstić information content (AvgIpc) is 3.03. The van der Waals surface area contributed by atoms with Gasteiger partial charge in [0.15, 0.2) is 5.69 Å². The van der Waals surface area contributed by atoms with E-state index in [2.05, 4.69) is 10.4 Å². The number of para-hydroxylation sites is 1. The number of nitrogens with zero attached hydrogens (tertiary/aromatic N) is 3. The second-order valence-electron chi connectivity index (χ2n) is 8.93. The largest absolute Gasteiger partial charge is 0.464 e. The number of hydrogen-bond acceptors (Lipinski definition) is 5. The van der Waals surface area contributed by atoms with Crippen molar-refractivity contribution in [1.82, 2.24) is 15.1 Å². The van der Waals surface area contributed by atoms with Gasteiger partial charge < -0.3 is 10.1 Å². The van der Waals surface area contributed by atoms with Crippen molar-refractivity contribution in [3.63, 3.8) is 0 Å². The van der Waals surface area contributed by atoms with E-state index in [9.17, 15) is 14.4 Å². The molecule has 1 aliphatic carbocycles. The predicted molar refractivity (Wildman–Crippen MR) is 120 cm³/mol. The lowest BCUT2D eigenvalue weighted by atomic mass is 9.92. The Labute approximate surface area is 187 Å². The maximum absolute atomic E-state index is 13.7. The van der Waals surface area contributed by atoms with Crippen LogP contribution in [0.25, 0.3) is 0 Å². The molecule has 8 nitrogen and oxygen atoms in total. The quantitative estimate of drug-likeness (QED) is 0.584. The number of benzene rings is 1. The maximum atomic E-state index is 13.7. The Morgan fingerprint density at radius 2 is 1.84 bits per heavy atom. The van der Waals surface area contributed by atoms with E-state index < -0.39 is 11.5 Å². The van der Waals surface area contributed by atoms with Gasteiger partial charge in [-0.2, -0.15) is 5.10 Å². The van der Waals surface area contributed by atoms with Gasteiger partial charge in [-0.25, -0.2) is 4.79 Å². The first kappa shape index (κ1) is 22.0. The van der Waals surface area contributed by atoms with Crippen LogP contribution in [0.1, 0.15) is 72.0 Å². The summed E-state index contributed by atoms with van der Waals surface area (Å²) in [5.74, 6) is -1.19. The van der Waals surface area contributed by atoms with Crippen LogP contribution >= 0.6 is 0 Å². The van der Waals surface area contributed by atoms with Gasteiger partial charge in [0.2, 0.25) is 5.91 Å². The minimum absolute atomic E-state index is 0.0500. The summed E-state index contributed by atoms with van der Waals surface area (Å²) in [5, 5.41) is 7.49. The van der Waals surface area contributed by atoms with Crippen molar-refractivity contribution in [2.75, 3.05) is 12.0 Å². The molecule has 1 N–H and O–H groups in total. The van der Waals surface area contributed by atoms with E-state index in [4.69, 9.17) is 4.74 Å². The highest BCUT2D eigenvalue weighted by Gasteiger charge is 2.49. The standard InChI is InChI=1S/C24H30N4O4/c1-16-10-8-9-13-19(16)28-21(29)20-14-18(22(30)32-3)26-27(20)15-24(28,2)23(31)25-17-11-6-4-5-7-12-17/h8-10,13-14,17H,4-7,11-12,15H2,1-3H3,(H,25,31)/t24-/m1/s1. The van der Waals surface area contributed by atoms with Crippen LogP contribution in [-0.2, 0) is 16.1 Å². The van der Waals surface area contributed by atoms with Gasteiger partial charge in [0, 0.05) is 17.8 Å². The highest BCUT2D eigenvalue weighted by atomic mass is 16.5. The van der Waals surface area contributed by atoms with Crippen molar-refractivity contribution in [3.8, 4) is 0 Å². The number of carbonyl (C=O) groups excluding carboxylic acids is 3. The van der Waals surface area contributed by atoms with E-state index >= 15 is 0 Å². The second-order valence-corrected chi connectivity index (χ2v) is 8.93. The number of aromatic nitrogens is 2. The molecule has 2 aromatic rings. The van der Waals surface area contributed by atoms with Gasteiger partial charge in [-0.3, -0.25) is 19.2 Å².